The van der Waals surface area contributed by atoms with Crippen LogP contribution in [0.5, 0.6) is 0 Å². The highest BCUT2D eigenvalue weighted by Crippen LogP contribution is 2.19. The molecule has 0 unspecified atom stereocenters. The third-order valence-electron chi connectivity index (χ3n) is 3.19. The summed E-state index contributed by atoms with van der Waals surface area (Å²) in [6.07, 6.45) is 1.69. The third kappa shape index (κ3) is 3.15. The summed E-state index contributed by atoms with van der Waals surface area (Å²) in [6.45, 7) is 5.80. The van der Waals surface area contributed by atoms with E-state index in [4.69, 9.17) is 0 Å². The van der Waals surface area contributed by atoms with E-state index in [9.17, 15) is 9.59 Å². The first-order chi connectivity index (χ1) is 9.47. The molecule has 20 heavy (non-hydrogen) atoms. The summed E-state index contributed by atoms with van der Waals surface area (Å²) < 4.78 is 1.41. The van der Waals surface area contributed by atoms with Crippen LogP contribution >= 0.6 is 0 Å². The number of amides is 1. The van der Waals surface area contributed by atoms with E-state index in [-0.39, 0.29) is 18.0 Å². The van der Waals surface area contributed by atoms with Crippen LogP contribution < -0.4 is 10.9 Å². The van der Waals surface area contributed by atoms with Gasteiger partial charge in [-0.05, 0) is 37.5 Å². The number of nitrogens with zero attached hydrogens (tertiary/aromatic N) is 1. The Labute approximate surface area is 118 Å². The Morgan fingerprint density at radius 2 is 1.75 bits per heavy atom. The smallest absolute Gasteiger partial charge is 0.251 e. The highest BCUT2D eigenvalue weighted by Gasteiger charge is 2.08. The number of benzene rings is 1. The van der Waals surface area contributed by atoms with Crippen molar-refractivity contribution in [3.05, 3.63) is 63.6 Å². The number of rotatable bonds is 3. The van der Waals surface area contributed by atoms with E-state index in [1.165, 1.54) is 10.6 Å². The first kappa shape index (κ1) is 14.1. The second-order valence-electron chi connectivity index (χ2n) is 4.99. The number of aryl methyl sites for hydroxylation is 3. The molecule has 0 aliphatic heterocycles. The van der Waals surface area contributed by atoms with Crippen molar-refractivity contribution >= 4 is 11.6 Å². The summed E-state index contributed by atoms with van der Waals surface area (Å²) in [5.41, 5.74) is 3.61. The summed E-state index contributed by atoms with van der Waals surface area (Å²) in [5.74, 6) is -0.199. The second-order valence-corrected chi connectivity index (χ2v) is 4.99. The Morgan fingerprint density at radius 3 is 2.40 bits per heavy atom. The van der Waals surface area contributed by atoms with Crippen molar-refractivity contribution in [1.29, 1.82) is 0 Å². The third-order valence-corrected chi connectivity index (χ3v) is 3.19. The fraction of sp³-hybridized carbons (Fsp3) is 0.250. The van der Waals surface area contributed by atoms with Gasteiger partial charge in [0.25, 0.3) is 5.56 Å². The van der Waals surface area contributed by atoms with Crippen LogP contribution in [0, 0.1) is 20.8 Å². The van der Waals surface area contributed by atoms with Gasteiger partial charge < -0.3 is 9.88 Å². The molecule has 0 saturated carbocycles. The zero-order valence-electron chi connectivity index (χ0n) is 11.9. The lowest BCUT2D eigenvalue weighted by molar-refractivity contribution is -0.116. The van der Waals surface area contributed by atoms with Gasteiger partial charge in [0.05, 0.1) is 0 Å². The van der Waals surface area contributed by atoms with Crippen LogP contribution in [-0.4, -0.2) is 10.5 Å². The van der Waals surface area contributed by atoms with Crippen LogP contribution in [0.15, 0.2) is 41.3 Å². The Balaban J connectivity index is 2.17. The molecule has 0 fully saturated rings. The molecule has 1 heterocycles. The van der Waals surface area contributed by atoms with Gasteiger partial charge in [0, 0.05) is 18.0 Å². The van der Waals surface area contributed by atoms with Crippen molar-refractivity contribution in [1.82, 2.24) is 4.57 Å². The normalized spacial score (nSPS) is 10.3. The minimum Gasteiger partial charge on any atom is -0.324 e. The van der Waals surface area contributed by atoms with E-state index in [2.05, 4.69) is 5.32 Å². The summed E-state index contributed by atoms with van der Waals surface area (Å²) in [5, 5.41) is 2.87. The summed E-state index contributed by atoms with van der Waals surface area (Å²) >= 11 is 0. The van der Waals surface area contributed by atoms with Crippen molar-refractivity contribution in [3.8, 4) is 0 Å². The lowest BCUT2D eigenvalue weighted by Gasteiger charge is -2.12. The fourth-order valence-corrected chi connectivity index (χ4v) is 2.12. The second kappa shape index (κ2) is 5.74. The van der Waals surface area contributed by atoms with E-state index in [0.29, 0.717) is 0 Å². The summed E-state index contributed by atoms with van der Waals surface area (Å²) in [6, 6.07) is 9.05. The monoisotopic (exact) mass is 270 g/mol. The predicted molar refractivity (Wildman–Crippen MR) is 80.0 cm³/mol. The van der Waals surface area contributed by atoms with E-state index in [1.807, 2.05) is 39.0 Å². The Bertz CT molecular complexity index is 682. The topological polar surface area (TPSA) is 51.1 Å². The molecule has 0 radical (unpaired) electrons. The van der Waals surface area contributed by atoms with Gasteiger partial charge in [-0.2, -0.15) is 0 Å². The molecule has 1 aromatic heterocycles. The van der Waals surface area contributed by atoms with Gasteiger partial charge in [-0.15, -0.1) is 0 Å². The van der Waals surface area contributed by atoms with Gasteiger partial charge >= 0.3 is 0 Å². The number of aromatic nitrogens is 1. The lowest BCUT2D eigenvalue weighted by Crippen LogP contribution is -2.27. The molecule has 0 bridgehead atoms. The molecule has 0 atom stereocenters. The molecule has 2 rings (SSSR count). The fourth-order valence-electron chi connectivity index (χ4n) is 2.12. The lowest BCUT2D eigenvalue weighted by atomic mass is 10.1. The molecule has 0 aliphatic rings. The molecule has 1 N–H and O–H groups in total. The van der Waals surface area contributed by atoms with Crippen molar-refractivity contribution < 1.29 is 4.79 Å². The first-order valence-corrected chi connectivity index (χ1v) is 6.50. The van der Waals surface area contributed by atoms with Gasteiger partial charge in [0.15, 0.2) is 0 Å². The Kier molecular flexibility index (Phi) is 4.03. The standard InChI is InChI=1S/C16H18N2O2/c1-11-7-8-15(20)18(9-11)10-14(19)17-16-12(2)5-4-6-13(16)3/h4-9H,10H2,1-3H3,(H,17,19). The van der Waals surface area contributed by atoms with Crippen LogP contribution in [0.1, 0.15) is 16.7 Å². The predicted octanol–water partition coefficient (Wildman–Crippen LogP) is 2.41. The number of anilines is 1. The molecule has 0 spiro atoms. The largest absolute Gasteiger partial charge is 0.324 e. The Morgan fingerprint density at radius 1 is 1.10 bits per heavy atom. The first-order valence-electron chi connectivity index (χ1n) is 6.50. The zero-order valence-corrected chi connectivity index (χ0v) is 11.9. The van der Waals surface area contributed by atoms with Gasteiger partial charge in [0.1, 0.15) is 6.54 Å². The van der Waals surface area contributed by atoms with Gasteiger partial charge in [-0.3, -0.25) is 9.59 Å². The summed E-state index contributed by atoms with van der Waals surface area (Å²) in [7, 11) is 0. The number of nitrogens with one attached hydrogen (secondary N) is 1. The van der Waals surface area contributed by atoms with E-state index in [0.717, 1.165) is 22.4 Å². The van der Waals surface area contributed by atoms with Crippen molar-refractivity contribution in [2.75, 3.05) is 5.32 Å². The summed E-state index contributed by atoms with van der Waals surface area (Å²) in [4.78, 5) is 23.8. The highest BCUT2D eigenvalue weighted by atomic mass is 16.2. The molecule has 2 aromatic rings. The zero-order chi connectivity index (χ0) is 14.7. The minimum absolute atomic E-state index is 0.0221. The van der Waals surface area contributed by atoms with E-state index in [1.54, 1.807) is 12.3 Å². The minimum atomic E-state index is -0.199. The maximum Gasteiger partial charge on any atom is 0.251 e. The molecule has 1 aromatic carbocycles. The molecular weight excluding hydrogens is 252 g/mol. The number of pyridine rings is 1. The maximum absolute atomic E-state index is 12.1. The van der Waals surface area contributed by atoms with E-state index >= 15 is 0 Å². The van der Waals surface area contributed by atoms with Crippen LogP contribution in [0.25, 0.3) is 0 Å². The van der Waals surface area contributed by atoms with Crippen LogP contribution in [-0.2, 0) is 11.3 Å². The number of para-hydroxylation sites is 1. The van der Waals surface area contributed by atoms with Crippen molar-refractivity contribution in [3.63, 3.8) is 0 Å². The maximum atomic E-state index is 12.1. The van der Waals surface area contributed by atoms with Crippen molar-refractivity contribution in [2.24, 2.45) is 0 Å². The molecular formula is C16H18N2O2. The molecule has 0 aliphatic carbocycles. The number of carbonyl (C=O) groups is 1. The molecule has 4 heteroatoms. The molecule has 104 valence electrons. The Hall–Kier alpha value is -2.36. The molecule has 0 saturated heterocycles. The van der Waals surface area contributed by atoms with Gasteiger partial charge in [-0.25, -0.2) is 0 Å². The number of hydrogen-bond acceptors (Lipinski definition) is 2. The van der Waals surface area contributed by atoms with Crippen molar-refractivity contribution in [2.45, 2.75) is 27.3 Å². The van der Waals surface area contributed by atoms with E-state index < -0.39 is 0 Å². The molecule has 1 amide bonds. The van der Waals surface area contributed by atoms with Crippen LogP contribution in [0.2, 0.25) is 0 Å². The highest BCUT2D eigenvalue weighted by molar-refractivity contribution is 5.92. The van der Waals surface area contributed by atoms with Gasteiger partial charge in [0.2, 0.25) is 5.91 Å². The van der Waals surface area contributed by atoms with Gasteiger partial charge in [-0.1, -0.05) is 24.3 Å². The number of carbonyl (C=O) groups excluding carboxylic acids is 1. The molecule has 4 nitrogen and oxygen atoms in total. The number of hydrogen-bond donors (Lipinski definition) is 1. The van der Waals surface area contributed by atoms with Crippen LogP contribution in [0.3, 0.4) is 0 Å². The quantitative estimate of drug-likeness (QED) is 0.931. The SMILES string of the molecule is Cc1ccc(=O)n(CC(=O)Nc2c(C)cccc2C)c1. The average Bonchev–Trinajstić information content (AvgIpc) is 2.38. The van der Waals surface area contributed by atoms with Crippen LogP contribution in [0.4, 0.5) is 5.69 Å². The average molecular weight is 270 g/mol.